The molecule has 0 aromatic heterocycles. The first kappa shape index (κ1) is 12.7. The van der Waals surface area contributed by atoms with Crippen LogP contribution in [0.25, 0.3) is 0 Å². The molecule has 0 fully saturated rings. The van der Waals surface area contributed by atoms with Gasteiger partial charge in [-0.15, -0.1) is 11.8 Å². The molecule has 2 rings (SSSR count). The molecular formula is C11H12ClNO3S. The quantitative estimate of drug-likeness (QED) is 0.578. The van der Waals surface area contributed by atoms with Crippen molar-refractivity contribution in [3.63, 3.8) is 0 Å². The van der Waals surface area contributed by atoms with E-state index in [0.29, 0.717) is 22.7 Å². The minimum Gasteiger partial charge on any atom is -0.396 e. The molecule has 1 unspecified atom stereocenters. The summed E-state index contributed by atoms with van der Waals surface area (Å²) < 4.78 is 0. The van der Waals surface area contributed by atoms with Crippen molar-refractivity contribution in [3.8, 4) is 0 Å². The summed E-state index contributed by atoms with van der Waals surface area (Å²) in [6, 6.07) is 3.37. The number of hydrogen-bond donors (Lipinski definition) is 3. The molecular weight excluding hydrogens is 262 g/mol. The second-order valence-electron chi connectivity index (χ2n) is 3.69. The third kappa shape index (κ3) is 2.57. The van der Waals surface area contributed by atoms with Crippen LogP contribution in [-0.4, -0.2) is 28.5 Å². The molecule has 6 heteroatoms. The van der Waals surface area contributed by atoms with Gasteiger partial charge in [0.05, 0.1) is 5.02 Å². The summed E-state index contributed by atoms with van der Waals surface area (Å²) in [7, 11) is 0. The Morgan fingerprint density at radius 1 is 1.47 bits per heavy atom. The van der Waals surface area contributed by atoms with Crippen molar-refractivity contribution in [2.45, 2.75) is 17.4 Å². The molecule has 1 aliphatic heterocycles. The van der Waals surface area contributed by atoms with Crippen LogP contribution in [0.2, 0.25) is 5.02 Å². The predicted molar refractivity (Wildman–Crippen MR) is 67.5 cm³/mol. The lowest BCUT2D eigenvalue weighted by Gasteiger charge is -2.07. The SMILES string of the molecule is O=C1Nc2cc(SCCCO)c(Cl)cc2C1O. The highest BCUT2D eigenvalue weighted by Crippen LogP contribution is 2.38. The van der Waals surface area contributed by atoms with Crippen molar-refractivity contribution in [3.05, 3.63) is 22.7 Å². The zero-order valence-corrected chi connectivity index (χ0v) is 10.5. The first-order valence-corrected chi connectivity index (χ1v) is 6.56. The van der Waals surface area contributed by atoms with Gasteiger partial charge < -0.3 is 15.5 Å². The molecule has 0 aliphatic carbocycles. The number of amides is 1. The minimum atomic E-state index is -1.13. The van der Waals surface area contributed by atoms with Gasteiger partial charge in [0.25, 0.3) is 5.91 Å². The highest BCUT2D eigenvalue weighted by Gasteiger charge is 2.29. The van der Waals surface area contributed by atoms with Crippen LogP contribution in [0.1, 0.15) is 18.1 Å². The van der Waals surface area contributed by atoms with Crippen molar-refractivity contribution < 1.29 is 15.0 Å². The standard InChI is InChI=1S/C11H12ClNO3S/c12-7-4-6-8(13-11(16)10(6)15)5-9(7)17-3-1-2-14/h4-5,10,14-15H,1-3H2,(H,13,16). The van der Waals surface area contributed by atoms with E-state index in [2.05, 4.69) is 5.32 Å². The monoisotopic (exact) mass is 273 g/mol. The Hall–Kier alpha value is -0.750. The van der Waals surface area contributed by atoms with E-state index >= 15 is 0 Å². The van der Waals surface area contributed by atoms with E-state index in [-0.39, 0.29) is 6.61 Å². The van der Waals surface area contributed by atoms with E-state index in [9.17, 15) is 9.90 Å². The highest BCUT2D eigenvalue weighted by molar-refractivity contribution is 7.99. The summed E-state index contributed by atoms with van der Waals surface area (Å²) in [6.45, 7) is 0.144. The molecule has 1 amide bonds. The molecule has 4 nitrogen and oxygen atoms in total. The van der Waals surface area contributed by atoms with Crippen molar-refractivity contribution in [2.24, 2.45) is 0 Å². The Labute approximate surface area is 108 Å². The van der Waals surface area contributed by atoms with E-state index in [1.165, 1.54) is 11.8 Å². The number of fused-ring (bicyclic) bond motifs is 1. The molecule has 1 atom stereocenters. The van der Waals surface area contributed by atoms with Crippen molar-refractivity contribution in [2.75, 3.05) is 17.7 Å². The molecule has 92 valence electrons. The Morgan fingerprint density at radius 2 is 2.24 bits per heavy atom. The number of anilines is 1. The van der Waals surface area contributed by atoms with E-state index in [1.807, 2.05) is 0 Å². The van der Waals surface area contributed by atoms with Gasteiger partial charge >= 0.3 is 0 Å². The molecule has 0 saturated carbocycles. The van der Waals surface area contributed by atoms with Gasteiger partial charge in [-0.05, 0) is 18.6 Å². The number of thioether (sulfide) groups is 1. The third-order valence-corrected chi connectivity index (χ3v) is 4.03. The molecule has 1 aromatic carbocycles. The average molecular weight is 274 g/mol. The van der Waals surface area contributed by atoms with Crippen LogP contribution in [0.3, 0.4) is 0 Å². The summed E-state index contributed by atoms with van der Waals surface area (Å²) in [5.41, 5.74) is 1.13. The maximum atomic E-state index is 11.3. The summed E-state index contributed by atoms with van der Waals surface area (Å²) in [5, 5.41) is 21.4. The largest absolute Gasteiger partial charge is 0.396 e. The number of halogens is 1. The van der Waals surface area contributed by atoms with Gasteiger partial charge in [-0.1, -0.05) is 11.6 Å². The molecule has 0 bridgehead atoms. The number of carbonyl (C=O) groups is 1. The molecule has 1 heterocycles. The summed E-state index contributed by atoms with van der Waals surface area (Å²) in [6.07, 6.45) is -0.438. The van der Waals surface area contributed by atoms with Gasteiger partial charge in [0.2, 0.25) is 0 Å². The number of nitrogens with one attached hydrogen (secondary N) is 1. The zero-order valence-electron chi connectivity index (χ0n) is 8.94. The first-order chi connectivity index (χ1) is 8.13. The average Bonchev–Trinajstić information content (AvgIpc) is 2.56. The van der Waals surface area contributed by atoms with Crippen molar-refractivity contribution >= 4 is 35.0 Å². The Morgan fingerprint density at radius 3 is 2.94 bits per heavy atom. The lowest BCUT2D eigenvalue weighted by molar-refractivity contribution is -0.123. The first-order valence-electron chi connectivity index (χ1n) is 5.19. The lowest BCUT2D eigenvalue weighted by Crippen LogP contribution is -2.10. The second kappa shape index (κ2) is 5.27. The maximum Gasteiger partial charge on any atom is 0.257 e. The van der Waals surface area contributed by atoms with Crippen LogP contribution in [0.4, 0.5) is 5.69 Å². The molecule has 0 radical (unpaired) electrons. The molecule has 1 aliphatic rings. The Kier molecular flexibility index (Phi) is 3.93. The van der Waals surface area contributed by atoms with Crippen LogP contribution >= 0.6 is 23.4 Å². The van der Waals surface area contributed by atoms with E-state index < -0.39 is 12.0 Å². The van der Waals surface area contributed by atoms with Crippen molar-refractivity contribution in [1.29, 1.82) is 0 Å². The normalized spacial score (nSPS) is 18.1. The van der Waals surface area contributed by atoms with Gasteiger partial charge in [0.1, 0.15) is 0 Å². The topological polar surface area (TPSA) is 69.6 Å². The lowest BCUT2D eigenvalue weighted by atomic mass is 10.1. The number of hydrogen-bond acceptors (Lipinski definition) is 4. The van der Waals surface area contributed by atoms with E-state index in [1.54, 1.807) is 12.1 Å². The van der Waals surface area contributed by atoms with Gasteiger partial charge in [-0.25, -0.2) is 0 Å². The van der Waals surface area contributed by atoms with Gasteiger partial charge in [0.15, 0.2) is 6.10 Å². The van der Waals surface area contributed by atoms with Crippen molar-refractivity contribution in [1.82, 2.24) is 0 Å². The number of benzene rings is 1. The van der Waals surface area contributed by atoms with Gasteiger partial charge in [-0.3, -0.25) is 4.79 Å². The fourth-order valence-electron chi connectivity index (χ4n) is 1.60. The molecule has 1 aromatic rings. The number of rotatable bonds is 4. The highest BCUT2D eigenvalue weighted by atomic mass is 35.5. The summed E-state index contributed by atoms with van der Waals surface area (Å²) in [5.74, 6) is 0.333. The van der Waals surface area contributed by atoms with Gasteiger partial charge in [-0.2, -0.15) is 0 Å². The Bertz CT molecular complexity index is 453. The smallest absolute Gasteiger partial charge is 0.257 e. The third-order valence-electron chi connectivity index (χ3n) is 2.46. The molecule has 0 saturated heterocycles. The Balaban J connectivity index is 2.21. The molecule has 3 N–H and O–H groups in total. The second-order valence-corrected chi connectivity index (χ2v) is 5.23. The maximum absolute atomic E-state index is 11.3. The van der Waals surface area contributed by atoms with Crippen LogP contribution in [-0.2, 0) is 4.79 Å². The minimum absolute atomic E-state index is 0.144. The fourth-order valence-corrected chi connectivity index (χ4v) is 2.83. The van der Waals surface area contributed by atoms with Crippen LogP contribution in [0.5, 0.6) is 0 Å². The zero-order chi connectivity index (χ0) is 12.4. The van der Waals surface area contributed by atoms with E-state index in [0.717, 1.165) is 10.6 Å². The predicted octanol–water partition coefficient (Wildman–Crippen LogP) is 1.80. The number of aliphatic hydroxyl groups excluding tert-OH is 2. The van der Waals surface area contributed by atoms with Crippen LogP contribution in [0.15, 0.2) is 17.0 Å². The fraction of sp³-hybridized carbons (Fsp3) is 0.364. The van der Waals surface area contributed by atoms with Gasteiger partial charge in [0, 0.05) is 28.5 Å². The molecule has 0 spiro atoms. The van der Waals surface area contributed by atoms with Crippen LogP contribution < -0.4 is 5.32 Å². The summed E-state index contributed by atoms with van der Waals surface area (Å²) in [4.78, 5) is 12.1. The molecule has 17 heavy (non-hydrogen) atoms. The summed E-state index contributed by atoms with van der Waals surface area (Å²) >= 11 is 7.58. The number of aliphatic hydroxyl groups is 2. The van der Waals surface area contributed by atoms with Crippen LogP contribution in [0, 0.1) is 0 Å². The number of carbonyl (C=O) groups excluding carboxylic acids is 1. The van der Waals surface area contributed by atoms with E-state index in [4.69, 9.17) is 16.7 Å².